The summed E-state index contributed by atoms with van der Waals surface area (Å²) in [5.41, 5.74) is 0.571. The SMILES string of the molecule is O=C(C[C@H]1CC[C@@H](NC(=O)Nc2ccc3c(c2)OCO3)[C@H](CO)O1)NCCCN1CCOCC1. The first kappa shape index (κ1) is 24.5. The third-order valence-corrected chi connectivity index (χ3v) is 6.23. The molecule has 1 aromatic rings. The molecule has 0 unspecified atom stereocenters. The minimum Gasteiger partial charge on any atom is -0.454 e. The number of nitrogens with one attached hydrogen (secondary N) is 3. The van der Waals surface area contributed by atoms with Crippen molar-refractivity contribution in [1.29, 1.82) is 0 Å². The molecule has 0 aliphatic carbocycles. The van der Waals surface area contributed by atoms with E-state index in [1.165, 1.54) is 0 Å². The number of fused-ring (bicyclic) bond motifs is 1. The number of morpholine rings is 1. The lowest BCUT2D eigenvalue weighted by Gasteiger charge is -2.36. The van der Waals surface area contributed by atoms with Crippen LogP contribution in [0.1, 0.15) is 25.7 Å². The van der Waals surface area contributed by atoms with E-state index in [4.69, 9.17) is 18.9 Å². The van der Waals surface area contributed by atoms with Gasteiger partial charge in [-0.25, -0.2) is 4.79 Å². The minimum absolute atomic E-state index is 0.0596. The van der Waals surface area contributed by atoms with Crippen molar-refractivity contribution >= 4 is 17.6 Å². The van der Waals surface area contributed by atoms with Crippen LogP contribution in [0.5, 0.6) is 11.5 Å². The van der Waals surface area contributed by atoms with Gasteiger partial charge >= 0.3 is 6.03 Å². The van der Waals surface area contributed by atoms with Gasteiger partial charge in [0.15, 0.2) is 11.5 Å². The molecule has 2 saturated heterocycles. The third kappa shape index (κ3) is 6.95. The van der Waals surface area contributed by atoms with E-state index in [0.717, 1.165) is 39.3 Å². The minimum atomic E-state index is -0.574. The van der Waals surface area contributed by atoms with Gasteiger partial charge in [0.2, 0.25) is 12.7 Å². The molecule has 3 amide bonds. The number of hydrogen-bond acceptors (Lipinski definition) is 8. The molecule has 188 valence electrons. The number of anilines is 1. The topological polar surface area (TPSA) is 131 Å². The van der Waals surface area contributed by atoms with E-state index in [1.807, 2.05) is 0 Å². The van der Waals surface area contributed by atoms with Crippen molar-refractivity contribution in [2.45, 2.75) is 43.9 Å². The molecule has 1 aromatic carbocycles. The summed E-state index contributed by atoms with van der Waals surface area (Å²) in [4.78, 5) is 27.1. The van der Waals surface area contributed by atoms with Crippen LogP contribution in [-0.4, -0.2) is 93.0 Å². The van der Waals surface area contributed by atoms with E-state index in [1.54, 1.807) is 18.2 Å². The van der Waals surface area contributed by atoms with Crippen LogP contribution in [0.15, 0.2) is 18.2 Å². The van der Waals surface area contributed by atoms with Gasteiger partial charge in [-0.05, 0) is 37.9 Å². The molecule has 4 N–H and O–H groups in total. The second-order valence-electron chi connectivity index (χ2n) is 8.69. The van der Waals surface area contributed by atoms with Gasteiger partial charge < -0.3 is 40.0 Å². The molecule has 4 rings (SSSR count). The summed E-state index contributed by atoms with van der Waals surface area (Å²) < 4.78 is 21.8. The Labute approximate surface area is 199 Å². The van der Waals surface area contributed by atoms with Gasteiger partial charge in [0.1, 0.15) is 6.10 Å². The quantitative estimate of drug-likeness (QED) is 0.381. The van der Waals surface area contributed by atoms with Crippen molar-refractivity contribution in [2.75, 3.05) is 58.1 Å². The largest absolute Gasteiger partial charge is 0.454 e. The fourth-order valence-electron chi connectivity index (χ4n) is 4.39. The molecular formula is C23H34N4O7. The highest BCUT2D eigenvalue weighted by Gasteiger charge is 2.33. The molecule has 0 spiro atoms. The molecule has 0 aromatic heterocycles. The van der Waals surface area contributed by atoms with Crippen LogP contribution in [0.3, 0.4) is 0 Å². The van der Waals surface area contributed by atoms with Crippen molar-refractivity contribution in [2.24, 2.45) is 0 Å². The molecule has 0 radical (unpaired) electrons. The number of ether oxygens (including phenoxy) is 4. The lowest BCUT2D eigenvalue weighted by molar-refractivity contribution is -0.130. The highest BCUT2D eigenvalue weighted by atomic mass is 16.7. The van der Waals surface area contributed by atoms with E-state index in [9.17, 15) is 14.7 Å². The smallest absolute Gasteiger partial charge is 0.319 e. The number of hydrogen-bond donors (Lipinski definition) is 4. The Bertz CT molecular complexity index is 834. The first-order chi connectivity index (χ1) is 16.6. The fraction of sp³-hybridized carbons (Fsp3) is 0.652. The Morgan fingerprint density at radius 2 is 1.94 bits per heavy atom. The number of rotatable bonds is 9. The summed E-state index contributed by atoms with van der Waals surface area (Å²) in [5.74, 6) is 1.16. The number of benzene rings is 1. The van der Waals surface area contributed by atoms with Crippen LogP contribution in [0.4, 0.5) is 10.5 Å². The van der Waals surface area contributed by atoms with Gasteiger partial charge in [-0.2, -0.15) is 0 Å². The highest BCUT2D eigenvalue weighted by Crippen LogP contribution is 2.34. The first-order valence-electron chi connectivity index (χ1n) is 11.9. The van der Waals surface area contributed by atoms with E-state index in [0.29, 0.717) is 36.6 Å². The Morgan fingerprint density at radius 3 is 2.76 bits per heavy atom. The van der Waals surface area contributed by atoms with Crippen molar-refractivity contribution in [3.8, 4) is 11.5 Å². The standard InChI is InChI=1S/C23H34N4O7/c28-14-21-18(26-23(30)25-16-2-5-19-20(12-16)33-15-32-19)4-3-17(34-21)13-22(29)24-6-1-7-27-8-10-31-11-9-27/h2,5,12,17-18,21,28H,1,3-4,6-11,13-15H2,(H,24,29)(H2,25,26,30)/t17-,18-,21+/m1/s1. The predicted octanol–water partition coefficient (Wildman–Crippen LogP) is 0.674. The predicted molar refractivity (Wildman–Crippen MR) is 123 cm³/mol. The molecule has 3 aliphatic rings. The summed E-state index contributed by atoms with van der Waals surface area (Å²) in [5, 5.41) is 18.4. The number of urea groups is 1. The summed E-state index contributed by atoms with van der Waals surface area (Å²) in [7, 11) is 0. The van der Waals surface area contributed by atoms with Crippen LogP contribution in [0, 0.1) is 0 Å². The van der Waals surface area contributed by atoms with Crippen LogP contribution in [-0.2, 0) is 14.3 Å². The normalized spacial score (nSPS) is 24.4. The van der Waals surface area contributed by atoms with Gasteiger partial charge in [-0.15, -0.1) is 0 Å². The second-order valence-corrected chi connectivity index (χ2v) is 8.69. The maximum atomic E-state index is 12.5. The van der Waals surface area contributed by atoms with Gasteiger partial charge in [-0.3, -0.25) is 9.69 Å². The molecule has 3 heterocycles. The molecule has 34 heavy (non-hydrogen) atoms. The Hall–Kier alpha value is -2.60. The average Bonchev–Trinajstić information content (AvgIpc) is 3.31. The van der Waals surface area contributed by atoms with Gasteiger partial charge in [0.05, 0.1) is 38.4 Å². The Morgan fingerprint density at radius 1 is 1.12 bits per heavy atom. The van der Waals surface area contributed by atoms with E-state index < -0.39 is 12.1 Å². The van der Waals surface area contributed by atoms with E-state index >= 15 is 0 Å². The van der Waals surface area contributed by atoms with Gasteiger partial charge in [0, 0.05) is 31.4 Å². The molecule has 0 saturated carbocycles. The fourth-order valence-corrected chi connectivity index (χ4v) is 4.39. The van der Waals surface area contributed by atoms with Crippen LogP contribution in [0.25, 0.3) is 0 Å². The molecule has 2 fully saturated rings. The number of amides is 3. The number of carbonyl (C=O) groups is 2. The zero-order chi connectivity index (χ0) is 23.8. The number of nitrogens with zero attached hydrogens (tertiary/aromatic N) is 1. The Kier molecular flexibility index (Phi) is 8.80. The maximum Gasteiger partial charge on any atom is 0.319 e. The zero-order valence-electron chi connectivity index (χ0n) is 19.3. The summed E-state index contributed by atoms with van der Waals surface area (Å²) in [6.45, 7) is 4.91. The van der Waals surface area contributed by atoms with Gasteiger partial charge in [0.25, 0.3) is 0 Å². The molecule has 11 heteroatoms. The summed E-state index contributed by atoms with van der Waals surface area (Å²) >= 11 is 0. The lowest BCUT2D eigenvalue weighted by Crippen LogP contribution is -2.52. The van der Waals surface area contributed by atoms with Crippen molar-refractivity contribution in [3.05, 3.63) is 18.2 Å². The van der Waals surface area contributed by atoms with Crippen molar-refractivity contribution in [3.63, 3.8) is 0 Å². The molecular weight excluding hydrogens is 444 g/mol. The number of carbonyl (C=O) groups excluding carboxylic acids is 2. The average molecular weight is 479 g/mol. The number of aliphatic hydroxyl groups is 1. The molecule has 3 atom stereocenters. The van der Waals surface area contributed by atoms with Crippen LogP contribution in [0.2, 0.25) is 0 Å². The zero-order valence-corrected chi connectivity index (χ0v) is 19.3. The van der Waals surface area contributed by atoms with Crippen LogP contribution < -0.4 is 25.4 Å². The Balaban J connectivity index is 1.15. The monoisotopic (exact) mass is 478 g/mol. The molecule has 11 nitrogen and oxygen atoms in total. The molecule has 0 bridgehead atoms. The van der Waals surface area contributed by atoms with Gasteiger partial charge in [-0.1, -0.05) is 0 Å². The van der Waals surface area contributed by atoms with E-state index in [2.05, 4.69) is 20.9 Å². The first-order valence-corrected chi connectivity index (χ1v) is 11.9. The number of aliphatic hydroxyl groups excluding tert-OH is 1. The van der Waals surface area contributed by atoms with Crippen molar-refractivity contribution < 1.29 is 33.6 Å². The maximum absolute atomic E-state index is 12.5. The summed E-state index contributed by atoms with van der Waals surface area (Å²) in [6, 6.07) is 4.40. The van der Waals surface area contributed by atoms with Crippen LogP contribution >= 0.6 is 0 Å². The van der Waals surface area contributed by atoms with Crippen molar-refractivity contribution in [1.82, 2.24) is 15.5 Å². The summed E-state index contributed by atoms with van der Waals surface area (Å²) in [6.07, 6.45) is 1.49. The third-order valence-electron chi connectivity index (χ3n) is 6.23. The lowest BCUT2D eigenvalue weighted by atomic mass is 9.97. The highest BCUT2D eigenvalue weighted by molar-refractivity contribution is 5.90. The molecule has 3 aliphatic heterocycles. The van der Waals surface area contributed by atoms with E-state index in [-0.39, 0.29) is 37.9 Å². The second kappa shape index (κ2) is 12.2.